The smallest absolute Gasteiger partial charge is 0.243 e. The third-order valence-corrected chi connectivity index (χ3v) is 3.23. The van der Waals surface area contributed by atoms with Gasteiger partial charge < -0.3 is 16.4 Å². The molecule has 1 aromatic carbocycles. The van der Waals surface area contributed by atoms with Gasteiger partial charge in [0.15, 0.2) is 0 Å². The van der Waals surface area contributed by atoms with Crippen LogP contribution in [-0.4, -0.2) is 24.4 Å². The number of aryl methyl sites for hydroxylation is 1. The Morgan fingerprint density at radius 1 is 1.35 bits per heavy atom. The third-order valence-electron chi connectivity index (χ3n) is 2.74. The molecule has 1 unspecified atom stereocenters. The summed E-state index contributed by atoms with van der Waals surface area (Å²) in [6, 6.07) is 5.57. The lowest BCUT2D eigenvalue weighted by Gasteiger charge is -2.10. The van der Waals surface area contributed by atoms with Gasteiger partial charge in [-0.2, -0.15) is 0 Å². The van der Waals surface area contributed by atoms with Crippen molar-refractivity contribution in [1.29, 1.82) is 0 Å². The van der Waals surface area contributed by atoms with E-state index in [0.29, 0.717) is 12.8 Å². The second-order valence-electron chi connectivity index (χ2n) is 4.80. The van der Waals surface area contributed by atoms with E-state index in [0.717, 1.165) is 15.7 Å². The predicted octanol–water partition coefficient (Wildman–Crippen LogP) is 1.94. The number of amides is 2. The number of nitrogens with two attached hydrogens (primary N) is 1. The van der Waals surface area contributed by atoms with E-state index in [-0.39, 0.29) is 24.4 Å². The Morgan fingerprint density at radius 3 is 2.65 bits per heavy atom. The molecule has 1 aromatic rings. The van der Waals surface area contributed by atoms with Gasteiger partial charge in [0.2, 0.25) is 11.8 Å². The molecule has 1 rings (SSSR count). The topological polar surface area (TPSA) is 84.2 Å². The fourth-order valence-corrected chi connectivity index (χ4v) is 2.06. The number of hydrogen-bond acceptors (Lipinski definition) is 3. The van der Waals surface area contributed by atoms with E-state index in [1.165, 1.54) is 0 Å². The number of rotatable bonds is 6. The summed E-state index contributed by atoms with van der Waals surface area (Å²) < 4.78 is 0.956. The van der Waals surface area contributed by atoms with Crippen molar-refractivity contribution in [3.63, 3.8) is 0 Å². The maximum atomic E-state index is 11.7. The van der Waals surface area contributed by atoms with Gasteiger partial charge in [-0.05, 0) is 44.0 Å². The first-order chi connectivity index (χ1) is 9.38. The van der Waals surface area contributed by atoms with Crippen molar-refractivity contribution in [3.05, 3.63) is 28.2 Å². The van der Waals surface area contributed by atoms with Crippen LogP contribution in [0.1, 0.15) is 25.3 Å². The summed E-state index contributed by atoms with van der Waals surface area (Å²) in [7, 11) is 0. The minimum atomic E-state index is -0.246. The standard InChI is InChI=1S/C14H20BrN3O2/c1-9-7-11(15)4-5-12(9)18-14(20)8-17-13(19)6-3-10(2)16/h4-5,7,10H,3,6,8,16H2,1-2H3,(H,17,19)(H,18,20). The molecule has 0 aliphatic rings. The normalized spacial score (nSPS) is 11.8. The first-order valence-electron chi connectivity index (χ1n) is 6.46. The highest BCUT2D eigenvalue weighted by Gasteiger charge is 2.08. The lowest BCUT2D eigenvalue weighted by Crippen LogP contribution is -2.33. The van der Waals surface area contributed by atoms with Crippen molar-refractivity contribution < 1.29 is 9.59 Å². The zero-order valence-electron chi connectivity index (χ0n) is 11.7. The summed E-state index contributed by atoms with van der Waals surface area (Å²) in [6.07, 6.45) is 0.946. The molecule has 4 N–H and O–H groups in total. The number of benzene rings is 1. The van der Waals surface area contributed by atoms with Crippen LogP contribution < -0.4 is 16.4 Å². The summed E-state index contributed by atoms with van der Waals surface area (Å²) >= 11 is 3.36. The van der Waals surface area contributed by atoms with Gasteiger partial charge in [0.05, 0.1) is 6.54 Å². The van der Waals surface area contributed by atoms with Gasteiger partial charge in [-0.25, -0.2) is 0 Å². The second kappa shape index (κ2) is 8.01. The number of nitrogens with one attached hydrogen (secondary N) is 2. The molecule has 6 heteroatoms. The van der Waals surface area contributed by atoms with Crippen molar-refractivity contribution in [2.45, 2.75) is 32.7 Å². The maximum absolute atomic E-state index is 11.7. The van der Waals surface area contributed by atoms with Crippen molar-refractivity contribution in [2.75, 3.05) is 11.9 Å². The van der Waals surface area contributed by atoms with Crippen molar-refractivity contribution in [2.24, 2.45) is 5.73 Å². The zero-order chi connectivity index (χ0) is 15.1. The summed E-state index contributed by atoms with van der Waals surface area (Å²) in [4.78, 5) is 23.2. The van der Waals surface area contributed by atoms with Gasteiger partial charge in [-0.15, -0.1) is 0 Å². The summed E-state index contributed by atoms with van der Waals surface area (Å²) in [5.74, 6) is -0.408. The predicted molar refractivity (Wildman–Crippen MR) is 83.4 cm³/mol. The Labute approximate surface area is 127 Å². The molecule has 0 aromatic heterocycles. The molecular formula is C14H20BrN3O2. The van der Waals surface area contributed by atoms with Gasteiger partial charge in [0.25, 0.3) is 0 Å². The number of hydrogen-bond donors (Lipinski definition) is 3. The maximum Gasteiger partial charge on any atom is 0.243 e. The first-order valence-corrected chi connectivity index (χ1v) is 7.26. The average molecular weight is 342 g/mol. The molecule has 0 saturated carbocycles. The molecule has 110 valence electrons. The van der Waals surface area contributed by atoms with Crippen molar-refractivity contribution in [3.8, 4) is 0 Å². The molecule has 2 amide bonds. The number of anilines is 1. The van der Waals surface area contributed by atoms with Crippen LogP contribution in [0.3, 0.4) is 0 Å². The first kappa shape index (κ1) is 16.7. The van der Waals surface area contributed by atoms with E-state index in [4.69, 9.17) is 5.73 Å². The molecule has 1 atom stereocenters. The Bertz CT molecular complexity index is 489. The quantitative estimate of drug-likeness (QED) is 0.739. The van der Waals surface area contributed by atoms with E-state index < -0.39 is 0 Å². The molecule has 0 fully saturated rings. The molecule has 0 bridgehead atoms. The lowest BCUT2D eigenvalue weighted by atomic mass is 10.2. The Morgan fingerprint density at radius 2 is 2.05 bits per heavy atom. The molecule has 0 radical (unpaired) electrons. The lowest BCUT2D eigenvalue weighted by molar-refractivity contribution is -0.124. The van der Waals surface area contributed by atoms with Crippen LogP contribution in [0.15, 0.2) is 22.7 Å². The SMILES string of the molecule is Cc1cc(Br)ccc1NC(=O)CNC(=O)CCC(C)N. The number of carbonyl (C=O) groups excluding carboxylic acids is 2. The van der Waals surface area contributed by atoms with Crippen LogP contribution in [0.2, 0.25) is 0 Å². The summed E-state index contributed by atoms with van der Waals surface area (Å²) in [5.41, 5.74) is 7.26. The molecule has 0 aliphatic heterocycles. The minimum absolute atomic E-state index is 0.0139. The van der Waals surface area contributed by atoms with Gasteiger partial charge >= 0.3 is 0 Å². The Balaban J connectivity index is 2.38. The number of halogens is 1. The van der Waals surface area contributed by atoms with Crippen LogP contribution in [0.4, 0.5) is 5.69 Å². The highest BCUT2D eigenvalue weighted by atomic mass is 79.9. The molecule has 0 heterocycles. The van der Waals surface area contributed by atoms with Gasteiger partial charge in [0, 0.05) is 22.6 Å². The van der Waals surface area contributed by atoms with Crippen LogP contribution in [0.25, 0.3) is 0 Å². The monoisotopic (exact) mass is 341 g/mol. The van der Waals surface area contributed by atoms with Crippen LogP contribution >= 0.6 is 15.9 Å². The van der Waals surface area contributed by atoms with E-state index >= 15 is 0 Å². The van der Waals surface area contributed by atoms with Crippen LogP contribution in [0, 0.1) is 6.92 Å². The fourth-order valence-electron chi connectivity index (χ4n) is 1.59. The van der Waals surface area contributed by atoms with E-state index in [1.807, 2.05) is 32.0 Å². The number of carbonyl (C=O) groups is 2. The largest absolute Gasteiger partial charge is 0.347 e. The zero-order valence-corrected chi connectivity index (χ0v) is 13.3. The van der Waals surface area contributed by atoms with Crippen LogP contribution in [-0.2, 0) is 9.59 Å². The molecule has 0 aliphatic carbocycles. The Hall–Kier alpha value is -1.40. The molecule has 0 saturated heterocycles. The van der Waals surface area contributed by atoms with Gasteiger partial charge in [0.1, 0.15) is 0 Å². The molecule has 20 heavy (non-hydrogen) atoms. The van der Waals surface area contributed by atoms with Crippen LogP contribution in [0.5, 0.6) is 0 Å². The Kier molecular flexibility index (Phi) is 6.67. The van der Waals surface area contributed by atoms with Gasteiger partial charge in [-0.3, -0.25) is 9.59 Å². The van der Waals surface area contributed by atoms with E-state index in [1.54, 1.807) is 0 Å². The average Bonchev–Trinajstić information content (AvgIpc) is 2.37. The van der Waals surface area contributed by atoms with Crippen molar-refractivity contribution >= 4 is 33.4 Å². The van der Waals surface area contributed by atoms with Gasteiger partial charge in [-0.1, -0.05) is 15.9 Å². The van der Waals surface area contributed by atoms with E-state index in [9.17, 15) is 9.59 Å². The minimum Gasteiger partial charge on any atom is -0.347 e. The molecule has 0 spiro atoms. The summed E-state index contributed by atoms with van der Waals surface area (Å²) in [6.45, 7) is 3.71. The van der Waals surface area contributed by atoms with Crippen molar-refractivity contribution in [1.82, 2.24) is 5.32 Å². The third kappa shape index (κ3) is 6.16. The highest BCUT2D eigenvalue weighted by molar-refractivity contribution is 9.10. The molecule has 5 nitrogen and oxygen atoms in total. The second-order valence-corrected chi connectivity index (χ2v) is 5.72. The molecular weight excluding hydrogens is 322 g/mol. The fraction of sp³-hybridized carbons (Fsp3) is 0.429. The highest BCUT2D eigenvalue weighted by Crippen LogP contribution is 2.19. The summed E-state index contributed by atoms with van der Waals surface area (Å²) in [5, 5.41) is 5.33. The van der Waals surface area contributed by atoms with E-state index in [2.05, 4.69) is 26.6 Å².